The number of alkyl halides is 1. The van der Waals surface area contributed by atoms with Gasteiger partial charge in [0.05, 0.1) is 0 Å². The minimum absolute atomic E-state index is 0.114. The monoisotopic (exact) mass is 297 g/mol. The van der Waals surface area contributed by atoms with E-state index in [9.17, 15) is 4.79 Å². The van der Waals surface area contributed by atoms with Gasteiger partial charge in [0, 0.05) is 12.4 Å². The molecular weight excluding hydrogens is 278 g/mol. The van der Waals surface area contributed by atoms with E-state index in [2.05, 4.69) is 5.32 Å². The van der Waals surface area contributed by atoms with Crippen LogP contribution >= 0.6 is 11.6 Å². The van der Waals surface area contributed by atoms with Crippen LogP contribution in [0.2, 0.25) is 0 Å². The van der Waals surface area contributed by atoms with Crippen molar-refractivity contribution >= 4 is 17.5 Å². The van der Waals surface area contributed by atoms with Gasteiger partial charge >= 0.3 is 0 Å². The van der Waals surface area contributed by atoms with Gasteiger partial charge in [-0.15, -0.1) is 11.6 Å². The number of carbonyl (C=O) groups excluding carboxylic acids is 1. The third-order valence-corrected chi connectivity index (χ3v) is 3.43. The third-order valence-electron chi connectivity index (χ3n) is 3.16. The molecule has 0 aromatic heterocycles. The van der Waals surface area contributed by atoms with Crippen molar-refractivity contribution in [1.29, 1.82) is 0 Å². The summed E-state index contributed by atoms with van der Waals surface area (Å²) < 4.78 is 11.2. The fraction of sp³-hybridized carbons (Fsp3) is 0.533. The van der Waals surface area contributed by atoms with Gasteiger partial charge in [-0.1, -0.05) is 25.0 Å². The zero-order chi connectivity index (χ0) is 14.2. The van der Waals surface area contributed by atoms with Crippen molar-refractivity contribution in [3.63, 3.8) is 0 Å². The van der Waals surface area contributed by atoms with Crippen LogP contribution in [-0.2, 0) is 4.79 Å². The average Bonchev–Trinajstić information content (AvgIpc) is 2.50. The van der Waals surface area contributed by atoms with Crippen molar-refractivity contribution < 1.29 is 14.3 Å². The SMILES string of the molecule is O=C(NCCCCCCCl)C1COc2ccccc2O1. The predicted octanol–water partition coefficient (Wildman–Crippen LogP) is 2.74. The molecule has 1 heterocycles. The number of hydrogen-bond donors (Lipinski definition) is 1. The quantitative estimate of drug-likeness (QED) is 0.622. The number of unbranched alkanes of at least 4 members (excludes halogenated alkanes) is 3. The predicted molar refractivity (Wildman–Crippen MR) is 78.6 cm³/mol. The summed E-state index contributed by atoms with van der Waals surface area (Å²) in [5.74, 6) is 1.91. The molecule has 0 saturated carbocycles. The Balaban J connectivity index is 1.69. The molecule has 0 bridgehead atoms. The Morgan fingerprint density at radius 1 is 1.20 bits per heavy atom. The Bertz CT molecular complexity index is 439. The minimum Gasteiger partial charge on any atom is -0.485 e. The van der Waals surface area contributed by atoms with Gasteiger partial charge in [0.1, 0.15) is 6.61 Å². The normalized spacial score (nSPS) is 16.8. The summed E-state index contributed by atoms with van der Waals surface area (Å²) in [6.45, 7) is 0.928. The highest BCUT2D eigenvalue weighted by atomic mass is 35.5. The molecular formula is C15H20ClNO3. The van der Waals surface area contributed by atoms with Crippen molar-refractivity contribution in [3.05, 3.63) is 24.3 Å². The molecule has 0 aliphatic carbocycles. The first-order valence-corrected chi connectivity index (χ1v) is 7.57. The van der Waals surface area contributed by atoms with Crippen LogP contribution in [0.15, 0.2) is 24.3 Å². The minimum atomic E-state index is -0.562. The summed E-state index contributed by atoms with van der Waals surface area (Å²) >= 11 is 5.61. The molecule has 1 aliphatic rings. The number of rotatable bonds is 7. The van der Waals surface area contributed by atoms with Crippen LogP contribution in [-0.4, -0.2) is 31.0 Å². The standard InChI is InChI=1S/C15H20ClNO3/c16-9-5-1-2-6-10-17-15(18)14-11-19-12-7-3-4-8-13(12)20-14/h3-4,7-8,14H,1-2,5-6,9-11H2,(H,17,18). The largest absolute Gasteiger partial charge is 0.485 e. The molecule has 20 heavy (non-hydrogen) atoms. The molecule has 1 aromatic rings. The van der Waals surface area contributed by atoms with E-state index in [1.807, 2.05) is 18.2 Å². The number of halogens is 1. The molecule has 1 aliphatic heterocycles. The van der Waals surface area contributed by atoms with Gasteiger partial charge in [-0.2, -0.15) is 0 Å². The van der Waals surface area contributed by atoms with Crippen LogP contribution in [0.5, 0.6) is 11.5 Å². The molecule has 0 radical (unpaired) electrons. The number of hydrogen-bond acceptors (Lipinski definition) is 3. The van der Waals surface area contributed by atoms with E-state index in [1.165, 1.54) is 0 Å². The Labute approximate surface area is 124 Å². The Hall–Kier alpha value is -1.42. The second-order valence-electron chi connectivity index (χ2n) is 4.76. The van der Waals surface area contributed by atoms with Gasteiger partial charge < -0.3 is 14.8 Å². The first-order valence-electron chi connectivity index (χ1n) is 7.03. The van der Waals surface area contributed by atoms with Crippen molar-refractivity contribution in [2.24, 2.45) is 0 Å². The second kappa shape index (κ2) is 8.00. The average molecular weight is 298 g/mol. The lowest BCUT2D eigenvalue weighted by atomic mass is 10.2. The van der Waals surface area contributed by atoms with Crippen LogP contribution < -0.4 is 14.8 Å². The van der Waals surface area contributed by atoms with Gasteiger partial charge in [-0.05, 0) is 25.0 Å². The van der Waals surface area contributed by atoms with Gasteiger partial charge in [-0.25, -0.2) is 0 Å². The molecule has 0 saturated heterocycles. The van der Waals surface area contributed by atoms with Gasteiger partial charge in [0.15, 0.2) is 11.5 Å². The van der Waals surface area contributed by atoms with Crippen LogP contribution in [0.4, 0.5) is 0 Å². The van der Waals surface area contributed by atoms with Crippen LogP contribution in [0.1, 0.15) is 25.7 Å². The van der Waals surface area contributed by atoms with Crippen molar-refractivity contribution in [3.8, 4) is 11.5 Å². The summed E-state index contributed by atoms with van der Waals surface area (Å²) in [4.78, 5) is 12.0. The molecule has 110 valence electrons. The van der Waals surface area contributed by atoms with E-state index in [0.29, 0.717) is 23.9 Å². The smallest absolute Gasteiger partial charge is 0.264 e. The molecule has 2 rings (SSSR count). The van der Waals surface area contributed by atoms with E-state index < -0.39 is 6.10 Å². The van der Waals surface area contributed by atoms with Crippen molar-refractivity contribution in [1.82, 2.24) is 5.32 Å². The number of amides is 1. The molecule has 1 amide bonds. The Kier molecular flexibility index (Phi) is 5.99. The van der Waals surface area contributed by atoms with Gasteiger partial charge in [-0.3, -0.25) is 4.79 Å². The molecule has 5 heteroatoms. The van der Waals surface area contributed by atoms with Gasteiger partial charge in [0.25, 0.3) is 5.91 Å². The lowest BCUT2D eigenvalue weighted by Crippen LogP contribution is -2.44. The van der Waals surface area contributed by atoms with Crippen molar-refractivity contribution in [2.45, 2.75) is 31.8 Å². The lowest BCUT2D eigenvalue weighted by molar-refractivity contribution is -0.130. The maximum absolute atomic E-state index is 12.0. The highest BCUT2D eigenvalue weighted by Gasteiger charge is 2.26. The van der Waals surface area contributed by atoms with Crippen LogP contribution in [0.25, 0.3) is 0 Å². The number of fused-ring (bicyclic) bond motifs is 1. The van der Waals surface area contributed by atoms with E-state index in [1.54, 1.807) is 6.07 Å². The zero-order valence-corrected chi connectivity index (χ0v) is 12.2. The van der Waals surface area contributed by atoms with E-state index >= 15 is 0 Å². The molecule has 4 nitrogen and oxygen atoms in total. The zero-order valence-electron chi connectivity index (χ0n) is 11.4. The Morgan fingerprint density at radius 2 is 1.95 bits per heavy atom. The van der Waals surface area contributed by atoms with E-state index in [-0.39, 0.29) is 12.5 Å². The number of benzene rings is 1. The number of nitrogens with one attached hydrogen (secondary N) is 1. The third kappa shape index (κ3) is 4.30. The molecule has 1 atom stereocenters. The summed E-state index contributed by atoms with van der Waals surface area (Å²) in [5, 5.41) is 2.88. The molecule has 1 unspecified atom stereocenters. The molecule has 0 spiro atoms. The van der Waals surface area contributed by atoms with Crippen LogP contribution in [0.3, 0.4) is 0 Å². The highest BCUT2D eigenvalue weighted by molar-refractivity contribution is 6.17. The number of ether oxygens (including phenoxy) is 2. The van der Waals surface area contributed by atoms with Gasteiger partial charge in [0.2, 0.25) is 6.10 Å². The molecule has 1 aromatic carbocycles. The van der Waals surface area contributed by atoms with E-state index in [4.69, 9.17) is 21.1 Å². The summed E-state index contributed by atoms with van der Waals surface area (Å²) in [7, 11) is 0. The van der Waals surface area contributed by atoms with Crippen molar-refractivity contribution in [2.75, 3.05) is 19.0 Å². The second-order valence-corrected chi connectivity index (χ2v) is 5.14. The Morgan fingerprint density at radius 3 is 2.75 bits per heavy atom. The number of para-hydroxylation sites is 2. The first kappa shape index (κ1) is 15.0. The van der Waals surface area contributed by atoms with Crippen LogP contribution in [0, 0.1) is 0 Å². The first-order chi connectivity index (χ1) is 9.81. The maximum Gasteiger partial charge on any atom is 0.264 e. The summed E-state index contributed by atoms with van der Waals surface area (Å²) in [5.41, 5.74) is 0. The maximum atomic E-state index is 12.0. The fourth-order valence-electron chi connectivity index (χ4n) is 2.05. The topological polar surface area (TPSA) is 47.6 Å². The highest BCUT2D eigenvalue weighted by Crippen LogP contribution is 2.30. The summed E-state index contributed by atoms with van der Waals surface area (Å²) in [6, 6.07) is 7.38. The fourth-order valence-corrected chi connectivity index (χ4v) is 2.24. The molecule has 0 fully saturated rings. The lowest BCUT2D eigenvalue weighted by Gasteiger charge is -2.25. The van der Waals surface area contributed by atoms with E-state index in [0.717, 1.165) is 25.7 Å². The number of carbonyl (C=O) groups is 1. The molecule has 1 N–H and O–H groups in total. The summed E-state index contributed by atoms with van der Waals surface area (Å²) in [6.07, 6.45) is 3.62.